The first kappa shape index (κ1) is 21.5. The summed E-state index contributed by atoms with van der Waals surface area (Å²) in [5.41, 5.74) is -2.64. The van der Waals surface area contributed by atoms with Crippen molar-refractivity contribution in [1.82, 2.24) is 0 Å². The molecular formula is C20H34Br2O4. The Kier molecular flexibility index (Phi) is 5.51. The van der Waals surface area contributed by atoms with Crippen molar-refractivity contribution in [3.8, 4) is 0 Å². The van der Waals surface area contributed by atoms with Crippen LogP contribution in [0, 0.1) is 22.7 Å². The van der Waals surface area contributed by atoms with Crippen LogP contribution in [0.25, 0.3) is 0 Å². The molecule has 0 radical (unpaired) electrons. The normalized spacial score (nSPS) is 55.4. The molecule has 4 nitrogen and oxygen atoms in total. The lowest BCUT2D eigenvalue weighted by Crippen LogP contribution is -2.60. The van der Waals surface area contributed by atoms with E-state index in [0.717, 1.165) is 12.8 Å². The summed E-state index contributed by atoms with van der Waals surface area (Å²) in [4.78, 5) is 0.488. The first-order valence-corrected chi connectivity index (χ1v) is 11.7. The highest BCUT2D eigenvalue weighted by Gasteiger charge is 2.65. The van der Waals surface area contributed by atoms with Gasteiger partial charge in [0, 0.05) is 21.5 Å². The second-order valence-electron chi connectivity index (χ2n) is 10.4. The molecule has 1 unspecified atom stereocenters. The lowest BCUT2D eigenvalue weighted by atomic mass is 9.57. The number of aliphatic hydroxyl groups excluding tert-OH is 2. The van der Waals surface area contributed by atoms with Crippen LogP contribution in [-0.2, 0) is 0 Å². The van der Waals surface area contributed by atoms with Gasteiger partial charge in [-0.15, -0.1) is 0 Å². The Hall–Kier alpha value is 0.800. The smallest absolute Gasteiger partial charge is 0.0915 e. The summed E-state index contributed by atoms with van der Waals surface area (Å²) in [6, 6.07) is 0. The molecule has 0 bridgehead atoms. The SMILES string of the molecule is CC1(C)C[C@@](O)(C(O)[C@@H]2[C@H](O)C[C@]3(C)[C@@H](Br)CC[C@@](C)(O)[C@@H]23)CC[C@@H]1Br. The van der Waals surface area contributed by atoms with Crippen molar-refractivity contribution < 1.29 is 20.4 Å². The second-order valence-corrected chi connectivity index (χ2v) is 12.6. The maximum atomic E-state index is 11.4. The number of aliphatic hydroxyl groups is 4. The van der Waals surface area contributed by atoms with E-state index in [1.165, 1.54) is 0 Å². The van der Waals surface area contributed by atoms with Crippen LogP contribution in [0.5, 0.6) is 0 Å². The fourth-order valence-corrected chi connectivity index (χ4v) is 7.58. The van der Waals surface area contributed by atoms with Crippen LogP contribution < -0.4 is 0 Å². The van der Waals surface area contributed by atoms with Gasteiger partial charge in [0.2, 0.25) is 0 Å². The number of halogens is 2. The lowest BCUT2D eigenvalue weighted by molar-refractivity contribution is -0.183. The molecule has 3 fully saturated rings. The highest BCUT2D eigenvalue weighted by atomic mass is 79.9. The molecule has 0 aliphatic heterocycles. The van der Waals surface area contributed by atoms with Crippen LogP contribution in [0.2, 0.25) is 0 Å². The summed E-state index contributed by atoms with van der Waals surface area (Å²) in [6.07, 6.45) is 2.00. The maximum Gasteiger partial charge on any atom is 0.0915 e. The minimum atomic E-state index is -1.24. The van der Waals surface area contributed by atoms with Crippen LogP contribution in [0.15, 0.2) is 0 Å². The van der Waals surface area contributed by atoms with Gasteiger partial charge in [0.15, 0.2) is 0 Å². The molecule has 3 aliphatic carbocycles. The fraction of sp³-hybridized carbons (Fsp3) is 1.00. The van der Waals surface area contributed by atoms with E-state index in [-0.39, 0.29) is 21.6 Å². The van der Waals surface area contributed by atoms with E-state index in [4.69, 9.17) is 0 Å². The molecule has 0 saturated heterocycles. The van der Waals surface area contributed by atoms with Gasteiger partial charge in [0.1, 0.15) is 0 Å². The largest absolute Gasteiger partial charge is 0.393 e. The number of fused-ring (bicyclic) bond motifs is 1. The van der Waals surface area contributed by atoms with Crippen LogP contribution in [0.1, 0.15) is 66.2 Å². The average Bonchev–Trinajstić information content (AvgIpc) is 2.80. The number of alkyl halides is 2. The Morgan fingerprint density at radius 1 is 0.962 bits per heavy atom. The van der Waals surface area contributed by atoms with E-state index in [1.807, 2.05) is 6.92 Å². The molecule has 0 spiro atoms. The lowest BCUT2D eigenvalue weighted by Gasteiger charge is -2.54. The minimum absolute atomic E-state index is 0.145. The summed E-state index contributed by atoms with van der Waals surface area (Å²) < 4.78 is 0. The van der Waals surface area contributed by atoms with E-state index < -0.39 is 29.3 Å². The fourth-order valence-electron chi connectivity index (χ4n) is 6.49. The number of hydrogen-bond donors (Lipinski definition) is 4. The quantitative estimate of drug-likeness (QED) is 0.441. The van der Waals surface area contributed by atoms with Gasteiger partial charge in [-0.3, -0.25) is 0 Å². The highest BCUT2D eigenvalue weighted by molar-refractivity contribution is 9.09. The summed E-state index contributed by atoms with van der Waals surface area (Å²) >= 11 is 7.48. The van der Waals surface area contributed by atoms with Crippen LogP contribution in [0.4, 0.5) is 0 Å². The van der Waals surface area contributed by atoms with Gasteiger partial charge >= 0.3 is 0 Å². The third-order valence-electron chi connectivity index (χ3n) is 7.83. The van der Waals surface area contributed by atoms with Gasteiger partial charge in [-0.25, -0.2) is 0 Å². The highest BCUT2D eigenvalue weighted by Crippen LogP contribution is 2.62. The second kappa shape index (κ2) is 6.66. The van der Waals surface area contributed by atoms with Crippen LogP contribution >= 0.6 is 31.9 Å². The van der Waals surface area contributed by atoms with Crippen molar-refractivity contribution in [3.05, 3.63) is 0 Å². The van der Waals surface area contributed by atoms with Crippen molar-refractivity contribution in [2.75, 3.05) is 0 Å². The minimum Gasteiger partial charge on any atom is -0.393 e. The zero-order valence-electron chi connectivity index (χ0n) is 16.3. The Bertz CT molecular complexity index is 554. The average molecular weight is 498 g/mol. The first-order chi connectivity index (χ1) is 11.7. The monoisotopic (exact) mass is 496 g/mol. The molecule has 152 valence electrons. The standard InChI is InChI=1S/C20H34Br2O4/c1-17(2)10-20(26,8-6-12(17)21)16(24)14-11(23)9-18(3)13(22)5-7-19(4,25)15(14)18/h11-16,23-26H,5-10H2,1-4H3/t11-,12+,13+,14-,15+,16?,18-,19-,20-/m1/s1. The van der Waals surface area contributed by atoms with E-state index in [9.17, 15) is 20.4 Å². The molecule has 3 saturated carbocycles. The Balaban J connectivity index is 1.94. The summed E-state index contributed by atoms with van der Waals surface area (Å²) in [5, 5.41) is 44.8. The van der Waals surface area contributed by atoms with Crippen LogP contribution in [0.3, 0.4) is 0 Å². The van der Waals surface area contributed by atoms with Crippen molar-refractivity contribution in [2.24, 2.45) is 22.7 Å². The number of rotatable bonds is 2. The predicted molar refractivity (Wildman–Crippen MR) is 110 cm³/mol. The Morgan fingerprint density at radius 2 is 1.54 bits per heavy atom. The molecule has 3 aliphatic rings. The molecule has 0 amide bonds. The molecule has 0 aromatic rings. The van der Waals surface area contributed by atoms with Crippen LogP contribution in [-0.4, -0.2) is 53.5 Å². The van der Waals surface area contributed by atoms with E-state index in [1.54, 1.807) is 0 Å². The van der Waals surface area contributed by atoms with Crippen molar-refractivity contribution in [2.45, 2.75) is 99.3 Å². The van der Waals surface area contributed by atoms with E-state index >= 15 is 0 Å². The first-order valence-electron chi connectivity index (χ1n) is 9.84. The predicted octanol–water partition coefficient (Wildman–Crippen LogP) is 3.36. The summed E-state index contributed by atoms with van der Waals surface area (Å²) in [5.74, 6) is -0.782. The molecule has 26 heavy (non-hydrogen) atoms. The summed E-state index contributed by atoms with van der Waals surface area (Å²) in [6.45, 7) is 8.13. The molecular weight excluding hydrogens is 464 g/mol. The third-order valence-corrected chi connectivity index (χ3v) is 11.0. The van der Waals surface area contributed by atoms with Crippen molar-refractivity contribution in [3.63, 3.8) is 0 Å². The molecule has 0 aromatic carbocycles. The molecule has 0 aromatic heterocycles. The topological polar surface area (TPSA) is 80.9 Å². The van der Waals surface area contributed by atoms with Gasteiger partial charge in [0.25, 0.3) is 0 Å². The molecule has 0 heterocycles. The molecule has 3 rings (SSSR count). The molecule has 6 heteroatoms. The Labute approximate surface area is 174 Å². The van der Waals surface area contributed by atoms with Crippen molar-refractivity contribution in [1.29, 1.82) is 0 Å². The zero-order chi connectivity index (χ0) is 19.7. The van der Waals surface area contributed by atoms with E-state index in [2.05, 4.69) is 52.6 Å². The van der Waals surface area contributed by atoms with Gasteiger partial charge in [-0.2, -0.15) is 0 Å². The van der Waals surface area contributed by atoms with Gasteiger partial charge in [0.05, 0.1) is 23.4 Å². The van der Waals surface area contributed by atoms with Gasteiger partial charge in [-0.1, -0.05) is 52.6 Å². The maximum absolute atomic E-state index is 11.4. The Morgan fingerprint density at radius 3 is 2.12 bits per heavy atom. The van der Waals surface area contributed by atoms with Gasteiger partial charge < -0.3 is 20.4 Å². The van der Waals surface area contributed by atoms with E-state index in [0.29, 0.717) is 30.5 Å². The van der Waals surface area contributed by atoms with Gasteiger partial charge in [-0.05, 0) is 56.3 Å². The summed E-state index contributed by atoms with van der Waals surface area (Å²) in [7, 11) is 0. The molecule has 4 N–H and O–H groups in total. The number of hydrogen-bond acceptors (Lipinski definition) is 4. The van der Waals surface area contributed by atoms with Crippen molar-refractivity contribution >= 4 is 31.9 Å². The zero-order valence-corrected chi connectivity index (χ0v) is 19.4. The molecule has 9 atom stereocenters. The third kappa shape index (κ3) is 3.24.